The smallest absolute Gasteiger partial charge is 0.254 e. The summed E-state index contributed by atoms with van der Waals surface area (Å²) in [6.45, 7) is 7.11. The summed E-state index contributed by atoms with van der Waals surface area (Å²) in [5.41, 5.74) is 2.77. The molecule has 0 radical (unpaired) electrons. The maximum atomic E-state index is 14.9. The third-order valence-corrected chi connectivity index (χ3v) is 9.03. The number of aromatic nitrogens is 3. The second kappa shape index (κ2) is 15.9. The minimum atomic E-state index is -1.08. The quantitative estimate of drug-likeness (QED) is 0.197. The normalized spacial score (nSPS) is 16.2. The first-order chi connectivity index (χ1) is 23.2. The van der Waals surface area contributed by atoms with Crippen LogP contribution in [0.1, 0.15) is 28.8 Å². The van der Waals surface area contributed by atoms with Crippen LogP contribution in [-0.2, 0) is 4.79 Å². The molecule has 2 amide bonds. The molecule has 1 unspecified atom stereocenters. The highest BCUT2D eigenvalue weighted by Crippen LogP contribution is 2.32. The van der Waals surface area contributed by atoms with Crippen molar-refractivity contribution in [3.8, 4) is 17.0 Å². The number of piperazine rings is 1. The molecule has 15 heteroatoms. The standard InChI is InChI=1S/C34H40F2N8O4.ClH/c1-21-17-23(41-31-32-39-19-27(44(32)16-11-38-31)26-5-6-28(48-2)30(36)29(26)35)3-4-25(21)34(47)43-12-7-22(8-13-43)33(46)40-18-24(45)20-42-14-9-37-10-15-42;/h3-6,11,16-17,19,22,24,37,45H,7-10,12-15,18,20H2,1-2H3,(H,38,41)(H,40,46);1H. The van der Waals surface area contributed by atoms with E-state index in [0.29, 0.717) is 60.9 Å². The number of rotatable bonds is 10. The van der Waals surface area contributed by atoms with Crippen molar-refractivity contribution in [3.05, 3.63) is 71.7 Å². The fourth-order valence-corrected chi connectivity index (χ4v) is 6.35. The number of aliphatic hydroxyl groups is 1. The first kappa shape index (κ1) is 35.9. The van der Waals surface area contributed by atoms with Gasteiger partial charge in [-0.15, -0.1) is 12.4 Å². The van der Waals surface area contributed by atoms with Crippen molar-refractivity contribution >= 4 is 41.4 Å². The molecule has 4 heterocycles. The zero-order chi connectivity index (χ0) is 33.8. The van der Waals surface area contributed by atoms with Gasteiger partial charge in [0.05, 0.1) is 25.1 Å². The van der Waals surface area contributed by atoms with Crippen LogP contribution < -0.4 is 20.7 Å². The number of anilines is 2. The number of halogens is 3. The molecule has 2 aromatic carbocycles. The first-order valence-corrected chi connectivity index (χ1v) is 16.1. The molecule has 2 fully saturated rings. The van der Waals surface area contributed by atoms with Gasteiger partial charge in [-0.1, -0.05) is 0 Å². The highest BCUT2D eigenvalue weighted by Gasteiger charge is 2.29. The van der Waals surface area contributed by atoms with Crippen molar-refractivity contribution in [3.63, 3.8) is 0 Å². The molecular weight excluding hydrogens is 658 g/mol. The van der Waals surface area contributed by atoms with Gasteiger partial charge in [0.1, 0.15) is 0 Å². The maximum Gasteiger partial charge on any atom is 0.254 e. The van der Waals surface area contributed by atoms with Crippen LogP contribution in [0.25, 0.3) is 16.9 Å². The number of aryl methyl sites for hydroxylation is 1. The summed E-state index contributed by atoms with van der Waals surface area (Å²) in [7, 11) is 1.27. The van der Waals surface area contributed by atoms with Gasteiger partial charge < -0.3 is 30.7 Å². The number of piperidine rings is 1. The number of aliphatic hydroxyl groups excluding tert-OH is 1. The number of ether oxygens (including phenoxy) is 1. The summed E-state index contributed by atoms with van der Waals surface area (Å²) in [6, 6.07) is 8.17. The molecule has 49 heavy (non-hydrogen) atoms. The number of hydrogen-bond acceptors (Lipinski definition) is 9. The van der Waals surface area contributed by atoms with Crippen LogP contribution in [0.5, 0.6) is 5.75 Å². The van der Waals surface area contributed by atoms with Gasteiger partial charge in [-0.3, -0.25) is 18.9 Å². The highest BCUT2D eigenvalue weighted by molar-refractivity contribution is 5.96. The number of amides is 2. The van der Waals surface area contributed by atoms with Crippen molar-refractivity contribution in [1.29, 1.82) is 0 Å². The Morgan fingerprint density at radius 1 is 1.08 bits per heavy atom. The van der Waals surface area contributed by atoms with E-state index in [-0.39, 0.29) is 48.0 Å². The maximum absolute atomic E-state index is 14.9. The van der Waals surface area contributed by atoms with Crippen molar-refractivity contribution in [2.75, 3.05) is 64.8 Å². The lowest BCUT2D eigenvalue weighted by Crippen LogP contribution is -2.49. The predicted octanol–water partition coefficient (Wildman–Crippen LogP) is 3.39. The lowest BCUT2D eigenvalue weighted by molar-refractivity contribution is -0.126. The molecule has 4 aromatic rings. The molecule has 0 aliphatic carbocycles. The molecule has 12 nitrogen and oxygen atoms in total. The Morgan fingerprint density at radius 2 is 1.84 bits per heavy atom. The summed E-state index contributed by atoms with van der Waals surface area (Å²) in [4.78, 5) is 39.0. The van der Waals surface area contributed by atoms with Crippen LogP contribution >= 0.6 is 12.4 Å². The third kappa shape index (κ3) is 7.93. The van der Waals surface area contributed by atoms with E-state index >= 15 is 0 Å². The number of nitrogens with one attached hydrogen (secondary N) is 3. The molecule has 2 saturated heterocycles. The molecule has 4 N–H and O–H groups in total. The molecule has 262 valence electrons. The highest BCUT2D eigenvalue weighted by atomic mass is 35.5. The third-order valence-electron chi connectivity index (χ3n) is 9.03. The molecule has 2 aliphatic rings. The number of hydrogen-bond donors (Lipinski definition) is 4. The van der Waals surface area contributed by atoms with E-state index in [0.717, 1.165) is 31.7 Å². The SMILES string of the molecule is COc1ccc(-c2cnc3c(Nc4ccc(C(=O)N5CCC(C(=O)NCC(O)CN6CCNCC6)CC5)c(C)c4)nccn23)c(F)c1F.Cl. The van der Waals surface area contributed by atoms with Crippen LogP contribution in [0.4, 0.5) is 20.3 Å². The van der Waals surface area contributed by atoms with Crippen LogP contribution in [0.3, 0.4) is 0 Å². The average Bonchev–Trinajstić information content (AvgIpc) is 3.53. The number of benzene rings is 2. The number of imidazole rings is 1. The fraction of sp³-hybridized carbons (Fsp3) is 0.412. The molecule has 2 aliphatic heterocycles. The number of methoxy groups -OCH3 is 1. The molecule has 2 aromatic heterocycles. The fourth-order valence-electron chi connectivity index (χ4n) is 6.35. The summed E-state index contributed by atoms with van der Waals surface area (Å²) in [6.07, 6.45) is 5.08. The Morgan fingerprint density at radius 3 is 2.55 bits per heavy atom. The Balaban J connectivity index is 0.00000468. The van der Waals surface area contributed by atoms with Crippen molar-refractivity contribution in [2.24, 2.45) is 5.92 Å². The second-order valence-corrected chi connectivity index (χ2v) is 12.2. The average molecular weight is 699 g/mol. The summed E-state index contributed by atoms with van der Waals surface area (Å²) < 4.78 is 35.8. The minimum Gasteiger partial charge on any atom is -0.494 e. The second-order valence-electron chi connectivity index (χ2n) is 12.2. The molecule has 1 atom stereocenters. The van der Waals surface area contributed by atoms with Crippen molar-refractivity contribution < 1.29 is 28.2 Å². The van der Waals surface area contributed by atoms with E-state index in [1.165, 1.54) is 31.6 Å². The molecule has 6 rings (SSSR count). The number of nitrogens with zero attached hydrogens (tertiary/aromatic N) is 5. The largest absolute Gasteiger partial charge is 0.494 e. The van der Waals surface area contributed by atoms with Gasteiger partial charge in [0.15, 0.2) is 23.0 Å². The van der Waals surface area contributed by atoms with Crippen LogP contribution in [-0.4, -0.2) is 107 Å². The topological polar surface area (TPSA) is 136 Å². The summed E-state index contributed by atoms with van der Waals surface area (Å²) in [5, 5.41) is 19.8. The number of likely N-dealkylation sites (tertiary alicyclic amines) is 1. The van der Waals surface area contributed by atoms with Gasteiger partial charge in [0, 0.05) is 87.5 Å². The van der Waals surface area contributed by atoms with Gasteiger partial charge in [-0.2, -0.15) is 4.39 Å². The first-order valence-electron chi connectivity index (χ1n) is 16.1. The molecule has 0 spiro atoms. The van der Waals surface area contributed by atoms with Gasteiger partial charge in [0.25, 0.3) is 5.91 Å². The summed E-state index contributed by atoms with van der Waals surface area (Å²) >= 11 is 0. The Hall–Kier alpha value is -4.37. The molecule has 0 bridgehead atoms. The Labute approximate surface area is 289 Å². The zero-order valence-electron chi connectivity index (χ0n) is 27.4. The van der Waals surface area contributed by atoms with Gasteiger partial charge in [-0.25, -0.2) is 14.4 Å². The van der Waals surface area contributed by atoms with E-state index in [1.807, 2.05) is 13.0 Å². The van der Waals surface area contributed by atoms with Gasteiger partial charge in [-0.05, 0) is 55.7 Å². The number of carbonyl (C=O) groups excluding carboxylic acids is 2. The monoisotopic (exact) mass is 698 g/mol. The minimum absolute atomic E-state index is 0. The van der Waals surface area contributed by atoms with Crippen LogP contribution in [0.2, 0.25) is 0 Å². The predicted molar refractivity (Wildman–Crippen MR) is 184 cm³/mol. The lowest BCUT2D eigenvalue weighted by atomic mass is 9.95. The van der Waals surface area contributed by atoms with E-state index in [2.05, 4.69) is 30.8 Å². The van der Waals surface area contributed by atoms with Crippen molar-refractivity contribution in [2.45, 2.75) is 25.9 Å². The van der Waals surface area contributed by atoms with E-state index in [1.54, 1.807) is 27.6 Å². The molecule has 0 saturated carbocycles. The van der Waals surface area contributed by atoms with Crippen molar-refractivity contribution in [1.82, 2.24) is 34.8 Å². The zero-order valence-corrected chi connectivity index (χ0v) is 28.2. The lowest BCUT2D eigenvalue weighted by Gasteiger charge is -2.32. The Bertz CT molecular complexity index is 1790. The number of β-amino-alcohol motifs (C(OH)–C–C–N with tert-alkyl or cyclic N) is 1. The van der Waals surface area contributed by atoms with Gasteiger partial charge in [0.2, 0.25) is 11.7 Å². The van der Waals surface area contributed by atoms with Crippen LogP contribution in [0, 0.1) is 24.5 Å². The number of carbonyl (C=O) groups is 2. The van der Waals surface area contributed by atoms with E-state index < -0.39 is 17.7 Å². The van der Waals surface area contributed by atoms with E-state index in [9.17, 15) is 23.5 Å². The summed E-state index contributed by atoms with van der Waals surface area (Å²) in [5.74, 6) is -2.29. The molecular formula is C34H41ClF2N8O4. The van der Waals surface area contributed by atoms with E-state index in [4.69, 9.17) is 4.74 Å². The van der Waals surface area contributed by atoms with Gasteiger partial charge >= 0.3 is 0 Å². The van der Waals surface area contributed by atoms with Crippen LogP contribution in [0.15, 0.2) is 48.9 Å². The number of fused-ring (bicyclic) bond motifs is 1. The Kier molecular flexibility index (Phi) is 11.7.